The Bertz CT molecular complexity index is 985. The lowest BCUT2D eigenvalue weighted by molar-refractivity contribution is 0.0512. The Hall–Kier alpha value is -3.59. The highest BCUT2D eigenvalue weighted by Crippen LogP contribution is 2.22. The van der Waals surface area contributed by atoms with Crippen molar-refractivity contribution in [1.82, 2.24) is 9.78 Å². The summed E-state index contributed by atoms with van der Waals surface area (Å²) in [6.45, 7) is 2.46. The average molecular weight is 361 g/mol. The molecule has 0 N–H and O–H groups in total. The fourth-order valence-electron chi connectivity index (χ4n) is 2.70. The third-order valence-corrected chi connectivity index (χ3v) is 4.04. The molecular weight excluding hydrogens is 342 g/mol. The van der Waals surface area contributed by atoms with Crippen LogP contribution in [0.1, 0.15) is 28.5 Å². The Labute approximate surface area is 157 Å². The van der Waals surface area contributed by atoms with Gasteiger partial charge in [-0.15, -0.1) is 0 Å². The standard InChI is InChI=1S/C21H19N3O3/c1-3-27-21(25)20-12-19(17-6-4-5-16(11-17)13-22)23-24(20)14-15-7-9-18(26-2)10-8-15/h4-12H,3,14H2,1-2H3. The number of aromatic nitrogens is 2. The van der Waals surface area contributed by atoms with Gasteiger partial charge in [-0.25, -0.2) is 4.79 Å². The van der Waals surface area contributed by atoms with Crippen molar-refractivity contribution in [2.45, 2.75) is 13.5 Å². The van der Waals surface area contributed by atoms with Gasteiger partial charge in [-0.3, -0.25) is 4.68 Å². The van der Waals surface area contributed by atoms with Crippen LogP contribution < -0.4 is 4.74 Å². The lowest BCUT2D eigenvalue weighted by Crippen LogP contribution is -2.14. The molecule has 6 heteroatoms. The molecule has 0 amide bonds. The Morgan fingerprint density at radius 2 is 1.96 bits per heavy atom. The van der Waals surface area contributed by atoms with E-state index in [1.807, 2.05) is 30.3 Å². The molecule has 0 unspecified atom stereocenters. The highest BCUT2D eigenvalue weighted by atomic mass is 16.5. The van der Waals surface area contributed by atoms with Crippen LogP contribution in [0.3, 0.4) is 0 Å². The molecule has 0 bridgehead atoms. The van der Waals surface area contributed by atoms with Crippen LogP contribution in [-0.2, 0) is 11.3 Å². The summed E-state index contributed by atoms with van der Waals surface area (Å²) in [6, 6.07) is 18.5. The molecule has 2 aromatic carbocycles. The summed E-state index contributed by atoms with van der Waals surface area (Å²) in [6.07, 6.45) is 0. The topological polar surface area (TPSA) is 77.1 Å². The second-order valence-electron chi connectivity index (χ2n) is 5.83. The van der Waals surface area contributed by atoms with Gasteiger partial charge in [-0.05, 0) is 42.8 Å². The smallest absolute Gasteiger partial charge is 0.356 e. The van der Waals surface area contributed by atoms with Crippen LogP contribution in [0.25, 0.3) is 11.3 Å². The van der Waals surface area contributed by atoms with Gasteiger partial charge >= 0.3 is 5.97 Å². The molecule has 0 atom stereocenters. The van der Waals surface area contributed by atoms with Gasteiger partial charge in [0, 0.05) is 5.56 Å². The summed E-state index contributed by atoms with van der Waals surface area (Å²) < 4.78 is 12.0. The Balaban J connectivity index is 1.98. The highest BCUT2D eigenvalue weighted by Gasteiger charge is 2.18. The first-order valence-electron chi connectivity index (χ1n) is 8.53. The van der Waals surface area contributed by atoms with Crippen molar-refractivity contribution in [2.24, 2.45) is 0 Å². The molecule has 3 aromatic rings. The van der Waals surface area contributed by atoms with Crippen molar-refractivity contribution >= 4 is 5.97 Å². The third-order valence-electron chi connectivity index (χ3n) is 4.04. The SMILES string of the molecule is CCOC(=O)c1cc(-c2cccc(C#N)c2)nn1Cc1ccc(OC)cc1. The quantitative estimate of drug-likeness (QED) is 0.626. The Morgan fingerprint density at radius 1 is 1.19 bits per heavy atom. The van der Waals surface area contributed by atoms with E-state index < -0.39 is 5.97 Å². The zero-order valence-electron chi connectivity index (χ0n) is 15.2. The van der Waals surface area contributed by atoms with E-state index >= 15 is 0 Å². The first kappa shape index (κ1) is 18.2. The van der Waals surface area contributed by atoms with Gasteiger partial charge in [0.2, 0.25) is 0 Å². The van der Waals surface area contributed by atoms with Crippen LogP contribution in [-0.4, -0.2) is 29.5 Å². The number of nitriles is 1. The second kappa shape index (κ2) is 8.19. The first-order chi connectivity index (χ1) is 13.1. The maximum absolute atomic E-state index is 12.4. The Kier molecular flexibility index (Phi) is 5.53. The number of benzene rings is 2. The minimum Gasteiger partial charge on any atom is -0.497 e. The van der Waals surface area contributed by atoms with Crippen molar-refractivity contribution in [2.75, 3.05) is 13.7 Å². The number of hydrogen-bond acceptors (Lipinski definition) is 5. The predicted molar refractivity (Wildman–Crippen MR) is 100 cm³/mol. The molecule has 0 saturated carbocycles. The van der Waals surface area contributed by atoms with Crippen LogP contribution in [0, 0.1) is 11.3 Å². The van der Waals surface area contributed by atoms with Crippen LogP contribution in [0.2, 0.25) is 0 Å². The molecule has 136 valence electrons. The molecule has 0 radical (unpaired) electrons. The summed E-state index contributed by atoms with van der Waals surface area (Å²) in [5, 5.41) is 13.7. The molecule has 6 nitrogen and oxygen atoms in total. The lowest BCUT2D eigenvalue weighted by atomic mass is 10.1. The van der Waals surface area contributed by atoms with Gasteiger partial charge in [0.1, 0.15) is 11.4 Å². The minimum atomic E-state index is -0.429. The van der Waals surface area contributed by atoms with Crippen LogP contribution >= 0.6 is 0 Å². The van der Waals surface area contributed by atoms with E-state index in [9.17, 15) is 4.79 Å². The summed E-state index contributed by atoms with van der Waals surface area (Å²) in [5.74, 6) is 0.333. The van der Waals surface area contributed by atoms with Crippen molar-refractivity contribution in [3.8, 4) is 23.1 Å². The molecule has 1 heterocycles. The second-order valence-corrected chi connectivity index (χ2v) is 5.83. The van der Waals surface area contributed by atoms with Crippen LogP contribution in [0.5, 0.6) is 5.75 Å². The maximum Gasteiger partial charge on any atom is 0.356 e. The molecular formula is C21H19N3O3. The van der Waals surface area contributed by atoms with E-state index in [2.05, 4.69) is 11.2 Å². The molecule has 0 aliphatic rings. The summed E-state index contributed by atoms with van der Waals surface area (Å²) in [4.78, 5) is 12.4. The number of nitrogens with zero attached hydrogens (tertiary/aromatic N) is 3. The molecule has 0 aliphatic heterocycles. The van der Waals surface area contributed by atoms with Crippen LogP contribution in [0.15, 0.2) is 54.6 Å². The summed E-state index contributed by atoms with van der Waals surface area (Å²) in [5.41, 5.74) is 3.26. The molecule has 27 heavy (non-hydrogen) atoms. The number of carbonyl (C=O) groups is 1. The molecule has 0 fully saturated rings. The fourth-order valence-corrected chi connectivity index (χ4v) is 2.70. The molecule has 0 aliphatic carbocycles. The van der Waals surface area contributed by atoms with E-state index in [0.29, 0.717) is 23.5 Å². The van der Waals surface area contributed by atoms with Crippen molar-refractivity contribution in [3.05, 3.63) is 71.4 Å². The number of ether oxygens (including phenoxy) is 2. The van der Waals surface area contributed by atoms with E-state index in [4.69, 9.17) is 14.7 Å². The van der Waals surface area contributed by atoms with Gasteiger partial charge in [0.15, 0.2) is 0 Å². The Morgan fingerprint density at radius 3 is 2.63 bits per heavy atom. The number of carbonyl (C=O) groups excluding carboxylic acids is 1. The monoisotopic (exact) mass is 361 g/mol. The third kappa shape index (κ3) is 4.15. The lowest BCUT2D eigenvalue weighted by Gasteiger charge is -2.08. The maximum atomic E-state index is 12.4. The van der Waals surface area contributed by atoms with E-state index in [0.717, 1.165) is 16.9 Å². The average Bonchev–Trinajstić information content (AvgIpc) is 3.13. The van der Waals surface area contributed by atoms with E-state index in [1.165, 1.54) is 0 Å². The van der Waals surface area contributed by atoms with Gasteiger partial charge in [-0.2, -0.15) is 10.4 Å². The van der Waals surface area contributed by atoms with Crippen molar-refractivity contribution < 1.29 is 14.3 Å². The van der Waals surface area contributed by atoms with E-state index in [1.54, 1.807) is 43.0 Å². The molecule has 0 spiro atoms. The number of hydrogen-bond donors (Lipinski definition) is 0. The number of methoxy groups -OCH3 is 1. The highest BCUT2D eigenvalue weighted by molar-refractivity contribution is 5.89. The largest absolute Gasteiger partial charge is 0.497 e. The van der Waals surface area contributed by atoms with Crippen molar-refractivity contribution in [3.63, 3.8) is 0 Å². The van der Waals surface area contributed by atoms with Gasteiger partial charge in [-0.1, -0.05) is 24.3 Å². The van der Waals surface area contributed by atoms with E-state index in [-0.39, 0.29) is 6.61 Å². The number of esters is 1. The predicted octanol–water partition coefficient (Wildman–Crippen LogP) is 3.66. The normalized spacial score (nSPS) is 10.3. The van der Waals surface area contributed by atoms with Gasteiger partial charge in [0.05, 0.1) is 37.6 Å². The van der Waals surface area contributed by atoms with Crippen LogP contribution in [0.4, 0.5) is 0 Å². The molecule has 0 saturated heterocycles. The minimum absolute atomic E-state index is 0.284. The van der Waals surface area contributed by atoms with Gasteiger partial charge < -0.3 is 9.47 Å². The fraction of sp³-hybridized carbons (Fsp3) is 0.190. The first-order valence-corrected chi connectivity index (χ1v) is 8.53. The van der Waals surface area contributed by atoms with Gasteiger partial charge in [0.25, 0.3) is 0 Å². The zero-order chi connectivity index (χ0) is 19.2. The molecule has 3 rings (SSSR count). The number of rotatable bonds is 6. The molecule has 1 aromatic heterocycles. The summed E-state index contributed by atoms with van der Waals surface area (Å²) in [7, 11) is 1.61. The van der Waals surface area contributed by atoms with Crippen molar-refractivity contribution in [1.29, 1.82) is 5.26 Å². The summed E-state index contributed by atoms with van der Waals surface area (Å²) >= 11 is 0. The zero-order valence-corrected chi connectivity index (χ0v) is 15.2.